The average molecular weight is 329 g/mol. The summed E-state index contributed by atoms with van der Waals surface area (Å²) in [6, 6.07) is 0.603. The van der Waals surface area contributed by atoms with Gasteiger partial charge in [-0.25, -0.2) is 0 Å². The molecule has 124 valence electrons. The Morgan fingerprint density at radius 3 is 2.00 bits per heavy atom. The van der Waals surface area contributed by atoms with Crippen LogP contribution in [0.5, 0.6) is 0 Å². The van der Waals surface area contributed by atoms with E-state index in [1.54, 1.807) is 0 Å². The van der Waals surface area contributed by atoms with E-state index < -0.39 is 7.81 Å². The SMILES string of the molecule is CCCC[N+]1=C(C)OCC1C(C)C.F[P-](F)(F)(F)(F)F. The number of rotatable bonds is 4. The van der Waals surface area contributed by atoms with Crippen molar-refractivity contribution in [1.82, 2.24) is 0 Å². The molecule has 0 aromatic carbocycles. The van der Waals surface area contributed by atoms with Gasteiger partial charge in [-0.2, -0.15) is 4.58 Å². The van der Waals surface area contributed by atoms with Crippen molar-refractivity contribution in [3.8, 4) is 0 Å². The Morgan fingerprint density at radius 1 is 1.20 bits per heavy atom. The van der Waals surface area contributed by atoms with Crippen molar-refractivity contribution in [2.24, 2.45) is 5.92 Å². The Balaban J connectivity index is 0.000000441. The molecular weight excluding hydrogens is 307 g/mol. The molecule has 0 radical (unpaired) electrons. The van der Waals surface area contributed by atoms with Crippen LogP contribution in [0.15, 0.2) is 0 Å². The number of ether oxygens (including phenoxy) is 1. The fourth-order valence-corrected chi connectivity index (χ4v) is 1.82. The van der Waals surface area contributed by atoms with Crippen LogP contribution < -0.4 is 0 Å². The quantitative estimate of drug-likeness (QED) is 0.368. The maximum atomic E-state index is 9.87. The maximum absolute atomic E-state index is 10.7. The van der Waals surface area contributed by atoms with E-state index in [1.807, 2.05) is 0 Å². The normalized spacial score (nSPS) is 22.9. The molecule has 0 N–H and O–H groups in total. The van der Waals surface area contributed by atoms with Gasteiger partial charge in [0.15, 0.2) is 12.6 Å². The third kappa shape index (κ3) is 11.3. The van der Waals surface area contributed by atoms with E-state index in [4.69, 9.17) is 4.74 Å². The van der Waals surface area contributed by atoms with Crippen LogP contribution in [0, 0.1) is 5.92 Å². The van der Waals surface area contributed by atoms with Crippen molar-refractivity contribution in [3.05, 3.63) is 0 Å². The number of hydrogen-bond acceptors (Lipinski definition) is 1. The van der Waals surface area contributed by atoms with Crippen molar-refractivity contribution >= 4 is 13.7 Å². The van der Waals surface area contributed by atoms with Gasteiger partial charge >= 0.3 is 38.9 Å². The molecule has 0 bridgehead atoms. The van der Waals surface area contributed by atoms with Gasteiger partial charge in [-0.3, -0.25) is 0 Å². The first-order valence-corrected chi connectivity index (χ1v) is 8.44. The van der Waals surface area contributed by atoms with Gasteiger partial charge in [0.25, 0.3) is 0 Å². The van der Waals surface area contributed by atoms with E-state index in [2.05, 4.69) is 32.3 Å². The van der Waals surface area contributed by atoms with Gasteiger partial charge in [0.1, 0.15) is 6.54 Å². The van der Waals surface area contributed by atoms with Gasteiger partial charge in [-0.15, -0.1) is 0 Å². The van der Waals surface area contributed by atoms with Gasteiger partial charge in [0.2, 0.25) is 0 Å². The van der Waals surface area contributed by atoms with E-state index in [0.717, 1.165) is 19.0 Å². The van der Waals surface area contributed by atoms with Gasteiger partial charge in [-0.05, 0) is 0 Å². The molecule has 0 amide bonds. The van der Waals surface area contributed by atoms with Crippen LogP contribution in [-0.4, -0.2) is 29.7 Å². The molecule has 0 saturated carbocycles. The van der Waals surface area contributed by atoms with Crippen LogP contribution >= 0.6 is 7.81 Å². The van der Waals surface area contributed by atoms with Gasteiger partial charge < -0.3 is 4.74 Å². The fourth-order valence-electron chi connectivity index (χ4n) is 1.82. The molecule has 0 aliphatic carbocycles. The van der Waals surface area contributed by atoms with E-state index in [-0.39, 0.29) is 0 Å². The van der Waals surface area contributed by atoms with Crippen LogP contribution in [0.1, 0.15) is 40.5 Å². The van der Waals surface area contributed by atoms with Crippen molar-refractivity contribution < 1.29 is 34.5 Å². The molecule has 1 aliphatic heterocycles. The van der Waals surface area contributed by atoms with Crippen molar-refractivity contribution in [2.45, 2.75) is 46.6 Å². The topological polar surface area (TPSA) is 12.2 Å². The van der Waals surface area contributed by atoms with Crippen LogP contribution in [0.2, 0.25) is 0 Å². The average Bonchev–Trinajstić information content (AvgIpc) is 2.52. The summed E-state index contributed by atoms with van der Waals surface area (Å²) < 4.78 is 67.2. The second-order valence-electron chi connectivity index (χ2n) is 5.15. The Kier molecular flexibility index (Phi) is 5.55. The monoisotopic (exact) mass is 329 g/mol. The fraction of sp³-hybridized carbons (Fsp3) is 0.909. The zero-order chi connectivity index (χ0) is 16.3. The second kappa shape index (κ2) is 5.70. The molecule has 0 fully saturated rings. The molecule has 20 heavy (non-hydrogen) atoms. The molecule has 1 atom stereocenters. The molecule has 1 rings (SSSR count). The Hall–Kier alpha value is -0.520. The third-order valence-electron chi connectivity index (χ3n) is 2.79. The summed E-state index contributed by atoms with van der Waals surface area (Å²) in [5.41, 5.74) is 0. The first-order chi connectivity index (χ1) is 8.61. The van der Waals surface area contributed by atoms with E-state index in [9.17, 15) is 25.2 Å². The summed E-state index contributed by atoms with van der Waals surface area (Å²) in [4.78, 5) is 0. The summed E-state index contributed by atoms with van der Waals surface area (Å²) in [5.74, 6) is 1.81. The molecule has 0 aromatic rings. The predicted molar refractivity (Wildman–Crippen MR) is 68.9 cm³/mol. The molecule has 0 aromatic heterocycles. The zero-order valence-corrected chi connectivity index (χ0v) is 12.9. The first-order valence-electron chi connectivity index (χ1n) is 6.41. The third-order valence-corrected chi connectivity index (χ3v) is 2.79. The summed E-state index contributed by atoms with van der Waals surface area (Å²) in [6.45, 7) is 10.9. The van der Waals surface area contributed by atoms with Gasteiger partial charge in [0, 0.05) is 12.3 Å². The van der Waals surface area contributed by atoms with Crippen molar-refractivity contribution in [1.29, 1.82) is 0 Å². The number of halogens is 6. The van der Waals surface area contributed by atoms with E-state index in [1.165, 1.54) is 12.8 Å². The molecule has 0 saturated heterocycles. The molecule has 1 aliphatic rings. The Morgan fingerprint density at radius 2 is 1.65 bits per heavy atom. The summed E-state index contributed by atoms with van der Waals surface area (Å²) in [6.07, 6.45) is 2.53. The van der Waals surface area contributed by atoms with Crippen molar-refractivity contribution in [2.75, 3.05) is 13.2 Å². The molecule has 0 spiro atoms. The Bertz CT molecular complexity index is 350. The van der Waals surface area contributed by atoms with E-state index >= 15 is 0 Å². The second-order valence-corrected chi connectivity index (χ2v) is 7.06. The zero-order valence-electron chi connectivity index (χ0n) is 12.1. The summed E-state index contributed by atoms with van der Waals surface area (Å²) in [7, 11) is -10.7. The standard InChI is InChI=1S/C11H22NO.F6P/c1-5-6-7-12-10(4)13-8-11(12)9(2)3;1-7(2,3,4,5)6/h9,11H,5-8H2,1-4H3;/q+1;-1. The van der Waals surface area contributed by atoms with Gasteiger partial charge in [0.05, 0.1) is 6.92 Å². The van der Waals surface area contributed by atoms with Crippen molar-refractivity contribution in [3.63, 3.8) is 0 Å². The number of hydrogen-bond donors (Lipinski definition) is 0. The van der Waals surface area contributed by atoms with Crippen LogP contribution in [-0.2, 0) is 4.74 Å². The van der Waals surface area contributed by atoms with Crippen LogP contribution in [0.25, 0.3) is 0 Å². The first kappa shape index (κ1) is 19.5. The minimum absolute atomic E-state index is 0.603. The summed E-state index contributed by atoms with van der Waals surface area (Å²) in [5, 5.41) is 0. The van der Waals surface area contributed by atoms with Crippen LogP contribution in [0.3, 0.4) is 0 Å². The van der Waals surface area contributed by atoms with Gasteiger partial charge in [-0.1, -0.05) is 27.2 Å². The van der Waals surface area contributed by atoms with Crippen LogP contribution in [0.4, 0.5) is 25.2 Å². The molecule has 2 nitrogen and oxygen atoms in total. The van der Waals surface area contributed by atoms with E-state index in [0.29, 0.717) is 12.0 Å². The molecular formula is C11H22F6NOP. The molecule has 1 heterocycles. The number of unbranched alkanes of at least 4 members (excludes halogenated alkanes) is 1. The Labute approximate surface area is 115 Å². The summed E-state index contributed by atoms with van der Waals surface area (Å²) >= 11 is 0. The molecule has 9 heteroatoms. The number of nitrogens with zero attached hydrogens (tertiary/aromatic N) is 1. The molecule has 1 unspecified atom stereocenters. The minimum atomic E-state index is -10.7. The predicted octanol–water partition coefficient (Wildman–Crippen LogP) is 5.65.